The van der Waals surface area contributed by atoms with Gasteiger partial charge in [-0.15, -0.1) is 22.7 Å². The monoisotopic (exact) mass is 464 g/mol. The van der Waals surface area contributed by atoms with Crippen LogP contribution < -0.4 is 0 Å². The summed E-state index contributed by atoms with van der Waals surface area (Å²) in [5.74, 6) is -0.313. The Hall–Kier alpha value is -3.34. The predicted octanol–water partition coefficient (Wildman–Crippen LogP) is 8.12. The summed E-state index contributed by atoms with van der Waals surface area (Å²) in [4.78, 5) is 28.2. The first-order valence-corrected chi connectivity index (χ1v) is 12.6. The second-order valence-electron chi connectivity index (χ2n) is 8.41. The Kier molecular flexibility index (Phi) is 4.68. The van der Waals surface area contributed by atoms with Gasteiger partial charge >= 0.3 is 0 Å². The molecule has 1 aliphatic carbocycles. The van der Waals surface area contributed by atoms with E-state index in [2.05, 4.69) is 61.5 Å². The summed E-state index contributed by atoms with van der Waals surface area (Å²) < 4.78 is 2.35. The summed E-state index contributed by atoms with van der Waals surface area (Å²) in [7, 11) is 0. The molecule has 3 aromatic carbocycles. The first-order chi connectivity index (χ1) is 16.0. The number of benzene rings is 3. The van der Waals surface area contributed by atoms with Crippen LogP contribution in [0.3, 0.4) is 0 Å². The number of thiophene rings is 2. The Bertz CT molecular complexity index is 1610. The summed E-state index contributed by atoms with van der Waals surface area (Å²) in [5, 5.41) is 2.48. The lowest BCUT2D eigenvalue weighted by molar-refractivity contribution is 0.0990. The molecule has 33 heavy (non-hydrogen) atoms. The maximum atomic E-state index is 13.0. The zero-order valence-electron chi connectivity index (χ0n) is 18.3. The third-order valence-corrected chi connectivity index (χ3v) is 8.68. The predicted molar refractivity (Wildman–Crippen MR) is 140 cm³/mol. The first-order valence-electron chi connectivity index (χ1n) is 11.0. The lowest BCUT2D eigenvalue weighted by Gasteiger charge is -2.04. The third kappa shape index (κ3) is 3.21. The van der Waals surface area contributed by atoms with Crippen LogP contribution in [0.1, 0.15) is 43.6 Å². The molecule has 0 bridgehead atoms. The van der Waals surface area contributed by atoms with Crippen LogP contribution in [-0.2, 0) is 6.42 Å². The molecule has 6 rings (SSSR count). The number of ketones is 2. The van der Waals surface area contributed by atoms with Crippen LogP contribution >= 0.6 is 22.7 Å². The highest BCUT2D eigenvalue weighted by Crippen LogP contribution is 2.41. The van der Waals surface area contributed by atoms with Crippen LogP contribution in [0.5, 0.6) is 0 Å². The van der Waals surface area contributed by atoms with Gasteiger partial charge in [0.25, 0.3) is 0 Å². The van der Waals surface area contributed by atoms with Crippen molar-refractivity contribution in [2.24, 2.45) is 0 Å². The number of hydrogen-bond acceptors (Lipinski definition) is 4. The zero-order chi connectivity index (χ0) is 22.7. The van der Waals surface area contributed by atoms with Crippen molar-refractivity contribution >= 4 is 60.5 Å². The van der Waals surface area contributed by atoms with Gasteiger partial charge in [0, 0.05) is 30.3 Å². The molecule has 0 amide bonds. The van der Waals surface area contributed by atoms with Crippen LogP contribution in [0, 0.1) is 6.92 Å². The van der Waals surface area contributed by atoms with Crippen molar-refractivity contribution in [1.82, 2.24) is 0 Å². The molecule has 0 saturated heterocycles. The summed E-state index contributed by atoms with van der Waals surface area (Å²) in [6.45, 7) is 4.07. The smallest absolute Gasteiger partial charge is 0.197 e. The molecule has 2 nitrogen and oxygen atoms in total. The van der Waals surface area contributed by atoms with Crippen molar-refractivity contribution in [2.75, 3.05) is 0 Å². The molecule has 2 heterocycles. The van der Waals surface area contributed by atoms with E-state index in [1.165, 1.54) is 30.6 Å². The van der Waals surface area contributed by atoms with Crippen LogP contribution in [-0.4, -0.2) is 11.6 Å². The molecule has 0 aliphatic heterocycles. The number of aryl methyl sites for hydroxylation is 2. The van der Waals surface area contributed by atoms with Gasteiger partial charge in [0.15, 0.2) is 11.6 Å². The zero-order valence-corrected chi connectivity index (χ0v) is 19.9. The summed E-state index contributed by atoms with van der Waals surface area (Å²) >= 11 is 3.38. The van der Waals surface area contributed by atoms with Gasteiger partial charge < -0.3 is 0 Å². The molecule has 0 fully saturated rings. The van der Waals surface area contributed by atoms with Crippen molar-refractivity contribution in [3.05, 3.63) is 99.4 Å². The minimum absolute atomic E-state index is 0.155. The van der Waals surface area contributed by atoms with Gasteiger partial charge in [0.2, 0.25) is 0 Å². The van der Waals surface area contributed by atoms with Crippen molar-refractivity contribution in [3.63, 3.8) is 0 Å². The lowest BCUT2D eigenvalue weighted by atomic mass is 9.99. The van der Waals surface area contributed by atoms with Gasteiger partial charge in [-0.2, -0.15) is 0 Å². The number of rotatable bonds is 3. The second kappa shape index (κ2) is 7.62. The van der Waals surface area contributed by atoms with Gasteiger partial charge in [-0.25, -0.2) is 0 Å². The lowest BCUT2D eigenvalue weighted by Crippen LogP contribution is -1.99. The van der Waals surface area contributed by atoms with Crippen LogP contribution in [0.25, 0.3) is 36.7 Å². The highest BCUT2D eigenvalue weighted by Gasteiger charge is 2.33. The molecule has 2 aromatic heterocycles. The molecule has 1 aliphatic rings. The number of carbonyl (C=O) groups is 2. The van der Waals surface area contributed by atoms with Crippen molar-refractivity contribution in [3.8, 4) is 10.4 Å². The van der Waals surface area contributed by atoms with Gasteiger partial charge in [-0.1, -0.05) is 49.4 Å². The van der Waals surface area contributed by atoms with E-state index in [1.807, 2.05) is 19.1 Å². The molecule has 4 heteroatoms. The molecular formula is C29H20O2S2. The molecule has 0 saturated carbocycles. The first kappa shape index (κ1) is 20.3. The highest BCUT2D eigenvalue weighted by atomic mass is 32.1. The maximum Gasteiger partial charge on any atom is 0.197 e. The maximum absolute atomic E-state index is 13.0. The van der Waals surface area contributed by atoms with E-state index in [-0.39, 0.29) is 17.1 Å². The van der Waals surface area contributed by atoms with Crippen LogP contribution in [0.4, 0.5) is 0 Å². The minimum atomic E-state index is -0.158. The average Bonchev–Trinajstić information content (AvgIpc) is 3.45. The quantitative estimate of drug-likeness (QED) is 0.200. The van der Waals surface area contributed by atoms with Crippen molar-refractivity contribution in [2.45, 2.75) is 20.3 Å². The Morgan fingerprint density at radius 1 is 0.788 bits per heavy atom. The highest BCUT2D eigenvalue weighted by molar-refractivity contribution is 7.30. The summed E-state index contributed by atoms with van der Waals surface area (Å²) in [6, 6.07) is 22.9. The van der Waals surface area contributed by atoms with Gasteiger partial charge in [0.05, 0.1) is 5.57 Å². The topological polar surface area (TPSA) is 34.1 Å². The van der Waals surface area contributed by atoms with Crippen molar-refractivity contribution in [1.29, 1.82) is 0 Å². The van der Waals surface area contributed by atoms with Crippen LogP contribution in [0.15, 0.2) is 72.3 Å². The summed E-state index contributed by atoms with van der Waals surface area (Å²) in [6.07, 6.45) is 2.63. The van der Waals surface area contributed by atoms with Crippen molar-refractivity contribution < 1.29 is 9.59 Å². The van der Waals surface area contributed by atoms with E-state index in [9.17, 15) is 9.59 Å². The van der Waals surface area contributed by atoms with E-state index in [0.29, 0.717) is 11.1 Å². The molecule has 0 unspecified atom stereocenters. The molecule has 0 spiro atoms. The normalized spacial score (nSPS) is 14.7. The van der Waals surface area contributed by atoms with E-state index < -0.39 is 0 Å². The molecule has 0 N–H and O–H groups in total. The SMILES string of the molecule is CCc1cc2c(cc1C)C(=O)/C(=C/c1cc3sc(-c4cccc5ccccc45)cc3s1)C2=O. The van der Waals surface area contributed by atoms with E-state index in [1.54, 1.807) is 28.7 Å². The largest absolute Gasteiger partial charge is 0.288 e. The van der Waals surface area contributed by atoms with Crippen LogP contribution in [0.2, 0.25) is 0 Å². The number of hydrogen-bond donors (Lipinski definition) is 0. The Labute approximate surface area is 199 Å². The Morgan fingerprint density at radius 3 is 2.30 bits per heavy atom. The van der Waals surface area contributed by atoms with Gasteiger partial charge in [0.1, 0.15) is 0 Å². The average molecular weight is 465 g/mol. The minimum Gasteiger partial charge on any atom is -0.288 e. The molecular weight excluding hydrogens is 444 g/mol. The van der Waals surface area contributed by atoms with Gasteiger partial charge in [-0.3, -0.25) is 9.59 Å². The summed E-state index contributed by atoms with van der Waals surface area (Å²) in [5.41, 5.74) is 4.79. The Balaban J connectivity index is 1.38. The molecule has 0 atom stereocenters. The second-order valence-corrected chi connectivity index (χ2v) is 10.6. The fraction of sp³-hybridized carbons (Fsp3) is 0.103. The molecule has 160 valence electrons. The molecule has 0 radical (unpaired) electrons. The fourth-order valence-corrected chi connectivity index (χ4v) is 7.06. The van der Waals surface area contributed by atoms with E-state index in [4.69, 9.17) is 0 Å². The molecule has 5 aromatic rings. The Morgan fingerprint density at radius 2 is 1.52 bits per heavy atom. The number of allylic oxidation sites excluding steroid dienone is 1. The fourth-order valence-electron chi connectivity index (χ4n) is 4.67. The standard InChI is InChI=1S/C29H20O2S2/c1-3-17-12-23-22(11-16(17)2)28(30)24(29(23)31)13-19-14-26-27(32-19)15-25(33-26)21-10-6-8-18-7-4-5-9-20(18)21/h4-15H,3H2,1-2H3/b24-13-. The number of Topliss-reactive ketones (excluding diaryl/α,β-unsaturated/α-hetero) is 2. The number of carbonyl (C=O) groups excluding carboxylic acids is 2. The van der Waals surface area contributed by atoms with Gasteiger partial charge in [-0.05, 0) is 71.1 Å². The number of fused-ring (bicyclic) bond motifs is 3. The van der Waals surface area contributed by atoms with E-state index in [0.717, 1.165) is 22.4 Å². The third-order valence-electron chi connectivity index (χ3n) is 6.40. The van der Waals surface area contributed by atoms with E-state index >= 15 is 0 Å².